The summed E-state index contributed by atoms with van der Waals surface area (Å²) < 4.78 is 23.5. The summed E-state index contributed by atoms with van der Waals surface area (Å²) in [5.41, 5.74) is 0. The van der Waals surface area contributed by atoms with Gasteiger partial charge in [0.15, 0.2) is 12.7 Å². The van der Waals surface area contributed by atoms with Crippen molar-refractivity contribution in [3.63, 3.8) is 0 Å². The molecule has 0 bridgehead atoms. The summed E-state index contributed by atoms with van der Waals surface area (Å²) in [7, 11) is 0. The lowest BCUT2D eigenvalue weighted by molar-refractivity contribution is -0.156. The van der Waals surface area contributed by atoms with Gasteiger partial charge in [0.2, 0.25) is 0 Å². The van der Waals surface area contributed by atoms with Crippen molar-refractivity contribution in [2.45, 2.75) is 26.9 Å². The molecule has 0 aliphatic heterocycles. The van der Waals surface area contributed by atoms with Gasteiger partial charge in [0, 0.05) is 6.54 Å². The molecule has 1 amide bonds. The van der Waals surface area contributed by atoms with Crippen molar-refractivity contribution in [3.8, 4) is 5.75 Å². The molecule has 0 fully saturated rings. The van der Waals surface area contributed by atoms with E-state index in [1.165, 1.54) is 25.1 Å². The molecule has 0 aliphatic carbocycles. The van der Waals surface area contributed by atoms with Crippen molar-refractivity contribution in [1.29, 1.82) is 0 Å². The third-order valence-corrected chi connectivity index (χ3v) is 3.22. The molecule has 0 heterocycles. The fourth-order valence-corrected chi connectivity index (χ4v) is 1.93. The maximum absolute atomic E-state index is 12.9. The summed E-state index contributed by atoms with van der Waals surface area (Å²) in [6.45, 7) is 5.56. The SMILES string of the molecule is CC(C)CNC(=O)[C@H](C)OC(=O)COc1ccc(F)cc1Br. The number of rotatable bonds is 7. The molecular weight excluding hydrogens is 357 g/mol. The van der Waals surface area contributed by atoms with Crippen molar-refractivity contribution in [2.75, 3.05) is 13.2 Å². The molecule has 0 radical (unpaired) electrons. The lowest BCUT2D eigenvalue weighted by Gasteiger charge is -2.15. The first-order valence-corrected chi connectivity index (χ1v) is 7.64. The molecule has 1 aromatic rings. The van der Waals surface area contributed by atoms with E-state index in [2.05, 4.69) is 21.2 Å². The standard InChI is InChI=1S/C15H19BrFNO4/c1-9(2)7-18-15(20)10(3)22-14(19)8-21-13-5-4-11(17)6-12(13)16/h4-6,9-10H,7-8H2,1-3H3,(H,18,20)/t10-/m0/s1. The largest absolute Gasteiger partial charge is 0.481 e. The average Bonchev–Trinajstić information content (AvgIpc) is 2.43. The minimum Gasteiger partial charge on any atom is -0.481 e. The second kappa shape index (κ2) is 8.73. The van der Waals surface area contributed by atoms with E-state index in [1.54, 1.807) is 0 Å². The van der Waals surface area contributed by atoms with Gasteiger partial charge < -0.3 is 14.8 Å². The Morgan fingerprint density at radius 1 is 1.32 bits per heavy atom. The molecule has 0 spiro atoms. The fraction of sp³-hybridized carbons (Fsp3) is 0.467. The molecule has 1 aromatic carbocycles. The molecule has 0 unspecified atom stereocenters. The van der Waals surface area contributed by atoms with E-state index in [9.17, 15) is 14.0 Å². The van der Waals surface area contributed by atoms with Gasteiger partial charge in [-0.1, -0.05) is 13.8 Å². The number of hydrogen-bond donors (Lipinski definition) is 1. The molecule has 0 saturated heterocycles. The van der Waals surface area contributed by atoms with Gasteiger partial charge in [0.05, 0.1) is 4.47 Å². The van der Waals surface area contributed by atoms with E-state index in [4.69, 9.17) is 9.47 Å². The topological polar surface area (TPSA) is 64.6 Å². The van der Waals surface area contributed by atoms with Crippen molar-refractivity contribution in [1.82, 2.24) is 5.32 Å². The molecular formula is C15H19BrFNO4. The van der Waals surface area contributed by atoms with E-state index < -0.39 is 17.9 Å². The Morgan fingerprint density at radius 3 is 2.59 bits per heavy atom. The Kier molecular flexibility index (Phi) is 7.31. The Bertz CT molecular complexity index is 536. The highest BCUT2D eigenvalue weighted by Crippen LogP contribution is 2.25. The molecule has 0 saturated carbocycles. The van der Waals surface area contributed by atoms with Crippen LogP contribution in [0.25, 0.3) is 0 Å². The number of carbonyl (C=O) groups is 2. The zero-order chi connectivity index (χ0) is 16.7. The number of carbonyl (C=O) groups excluding carboxylic acids is 2. The van der Waals surface area contributed by atoms with Crippen LogP contribution in [0.3, 0.4) is 0 Å². The quantitative estimate of drug-likeness (QED) is 0.744. The predicted octanol–water partition coefficient (Wildman–Crippen LogP) is 2.67. The van der Waals surface area contributed by atoms with Gasteiger partial charge in [-0.05, 0) is 47.0 Å². The van der Waals surface area contributed by atoms with Gasteiger partial charge in [0.25, 0.3) is 5.91 Å². The highest BCUT2D eigenvalue weighted by Gasteiger charge is 2.18. The number of hydrogen-bond acceptors (Lipinski definition) is 4. The Labute approximate surface area is 137 Å². The highest BCUT2D eigenvalue weighted by atomic mass is 79.9. The first-order valence-electron chi connectivity index (χ1n) is 6.84. The summed E-state index contributed by atoms with van der Waals surface area (Å²) in [6.07, 6.45) is -0.897. The first kappa shape index (κ1) is 18.4. The third kappa shape index (κ3) is 6.43. The second-order valence-electron chi connectivity index (χ2n) is 5.13. The number of esters is 1. The monoisotopic (exact) mass is 375 g/mol. The normalized spacial score (nSPS) is 11.9. The van der Waals surface area contributed by atoms with Crippen LogP contribution in [-0.2, 0) is 14.3 Å². The second-order valence-corrected chi connectivity index (χ2v) is 5.99. The number of halogens is 2. The summed E-state index contributed by atoms with van der Waals surface area (Å²) in [6, 6.07) is 3.83. The number of benzene rings is 1. The minimum atomic E-state index is -0.897. The fourth-order valence-electron chi connectivity index (χ4n) is 1.46. The smallest absolute Gasteiger partial charge is 0.344 e. The lowest BCUT2D eigenvalue weighted by Crippen LogP contribution is -2.38. The molecule has 1 N–H and O–H groups in total. The highest BCUT2D eigenvalue weighted by molar-refractivity contribution is 9.10. The van der Waals surface area contributed by atoms with Gasteiger partial charge >= 0.3 is 5.97 Å². The Morgan fingerprint density at radius 2 is 2.00 bits per heavy atom. The number of nitrogens with one attached hydrogen (secondary N) is 1. The van der Waals surface area contributed by atoms with Crippen LogP contribution in [0.4, 0.5) is 4.39 Å². The zero-order valence-corrected chi connectivity index (χ0v) is 14.3. The summed E-state index contributed by atoms with van der Waals surface area (Å²) in [5.74, 6) is -0.827. The number of amides is 1. The molecule has 0 aromatic heterocycles. The maximum atomic E-state index is 12.9. The lowest BCUT2D eigenvalue weighted by atomic mass is 10.2. The van der Waals surface area contributed by atoms with Crippen LogP contribution in [0.1, 0.15) is 20.8 Å². The van der Waals surface area contributed by atoms with Crippen LogP contribution < -0.4 is 10.1 Å². The van der Waals surface area contributed by atoms with Crippen LogP contribution in [-0.4, -0.2) is 31.1 Å². The van der Waals surface area contributed by atoms with Crippen molar-refractivity contribution in [3.05, 3.63) is 28.5 Å². The van der Waals surface area contributed by atoms with Gasteiger partial charge in [-0.3, -0.25) is 4.79 Å². The van der Waals surface area contributed by atoms with Gasteiger partial charge in [-0.25, -0.2) is 9.18 Å². The zero-order valence-electron chi connectivity index (χ0n) is 12.7. The Balaban J connectivity index is 2.41. The molecule has 5 nitrogen and oxygen atoms in total. The van der Waals surface area contributed by atoms with Gasteiger partial charge in [0.1, 0.15) is 11.6 Å². The molecule has 0 aliphatic rings. The minimum absolute atomic E-state index is 0.311. The van der Waals surface area contributed by atoms with Crippen LogP contribution >= 0.6 is 15.9 Å². The molecule has 1 rings (SSSR count). The van der Waals surface area contributed by atoms with Crippen LogP contribution in [0.5, 0.6) is 5.75 Å². The Hall–Kier alpha value is -1.63. The van der Waals surface area contributed by atoms with E-state index in [0.29, 0.717) is 22.7 Å². The van der Waals surface area contributed by atoms with Crippen molar-refractivity contribution in [2.24, 2.45) is 5.92 Å². The van der Waals surface area contributed by atoms with E-state index in [-0.39, 0.29) is 12.5 Å². The first-order chi connectivity index (χ1) is 10.3. The molecule has 7 heteroatoms. The summed E-state index contributed by atoms with van der Waals surface area (Å²) in [5, 5.41) is 2.67. The molecule has 122 valence electrons. The van der Waals surface area contributed by atoms with Crippen LogP contribution in [0, 0.1) is 11.7 Å². The summed E-state index contributed by atoms with van der Waals surface area (Å²) in [4.78, 5) is 23.3. The summed E-state index contributed by atoms with van der Waals surface area (Å²) >= 11 is 3.12. The average molecular weight is 376 g/mol. The van der Waals surface area contributed by atoms with Crippen molar-refractivity contribution >= 4 is 27.8 Å². The van der Waals surface area contributed by atoms with Crippen LogP contribution in [0.2, 0.25) is 0 Å². The third-order valence-electron chi connectivity index (χ3n) is 2.60. The number of ether oxygens (including phenoxy) is 2. The van der Waals surface area contributed by atoms with Gasteiger partial charge in [-0.2, -0.15) is 0 Å². The van der Waals surface area contributed by atoms with Crippen molar-refractivity contribution < 1.29 is 23.5 Å². The molecule has 22 heavy (non-hydrogen) atoms. The predicted molar refractivity (Wildman–Crippen MR) is 83.0 cm³/mol. The van der Waals surface area contributed by atoms with E-state index in [0.717, 1.165) is 0 Å². The molecule has 1 atom stereocenters. The van der Waals surface area contributed by atoms with E-state index in [1.807, 2.05) is 13.8 Å². The maximum Gasteiger partial charge on any atom is 0.344 e. The van der Waals surface area contributed by atoms with Gasteiger partial charge in [-0.15, -0.1) is 0 Å². The van der Waals surface area contributed by atoms with Crippen LogP contribution in [0.15, 0.2) is 22.7 Å². The van der Waals surface area contributed by atoms with E-state index >= 15 is 0 Å².